The van der Waals surface area contributed by atoms with E-state index >= 15 is 0 Å². The third kappa shape index (κ3) is 5.96. The summed E-state index contributed by atoms with van der Waals surface area (Å²) in [4.78, 5) is 0. The van der Waals surface area contributed by atoms with E-state index in [2.05, 4.69) is 5.32 Å². The summed E-state index contributed by atoms with van der Waals surface area (Å²) >= 11 is 0. The maximum absolute atomic E-state index is 12.4. The van der Waals surface area contributed by atoms with Gasteiger partial charge in [-0.3, -0.25) is 0 Å². The van der Waals surface area contributed by atoms with Gasteiger partial charge in [0.1, 0.15) is 11.9 Å². The van der Waals surface area contributed by atoms with Crippen molar-refractivity contribution in [1.82, 2.24) is 5.32 Å². The lowest BCUT2D eigenvalue weighted by molar-refractivity contribution is -0.137. The van der Waals surface area contributed by atoms with Crippen LogP contribution in [0.4, 0.5) is 13.2 Å². The van der Waals surface area contributed by atoms with E-state index in [1.807, 2.05) is 27.7 Å². The Morgan fingerprint density at radius 1 is 1.11 bits per heavy atom. The van der Waals surface area contributed by atoms with Crippen LogP contribution in [-0.2, 0) is 6.18 Å². The van der Waals surface area contributed by atoms with E-state index < -0.39 is 11.7 Å². The zero-order valence-electron chi connectivity index (χ0n) is 11.6. The summed E-state index contributed by atoms with van der Waals surface area (Å²) in [6.45, 7) is 8.62. The molecule has 1 atom stereocenters. The molecule has 108 valence electrons. The summed E-state index contributed by atoms with van der Waals surface area (Å²) in [7, 11) is 0. The fourth-order valence-electron chi connectivity index (χ4n) is 1.45. The largest absolute Gasteiger partial charge is 0.489 e. The third-order valence-corrected chi connectivity index (χ3v) is 2.44. The van der Waals surface area contributed by atoms with Gasteiger partial charge in [-0.1, -0.05) is 0 Å². The molecule has 1 rings (SSSR count). The Balaban J connectivity index is 2.54. The van der Waals surface area contributed by atoms with Crippen molar-refractivity contribution in [3.63, 3.8) is 0 Å². The number of rotatable bonds is 4. The molecule has 19 heavy (non-hydrogen) atoms. The maximum atomic E-state index is 12.4. The van der Waals surface area contributed by atoms with Gasteiger partial charge < -0.3 is 10.1 Å². The minimum atomic E-state index is -4.31. The monoisotopic (exact) mass is 275 g/mol. The van der Waals surface area contributed by atoms with Gasteiger partial charge in [-0.2, -0.15) is 13.2 Å². The van der Waals surface area contributed by atoms with Crippen molar-refractivity contribution in [2.45, 2.75) is 45.5 Å². The molecule has 1 N–H and O–H groups in total. The van der Waals surface area contributed by atoms with Crippen LogP contribution < -0.4 is 10.1 Å². The summed E-state index contributed by atoms with van der Waals surface area (Å²) in [5.41, 5.74) is -0.682. The number of hydrogen-bond acceptors (Lipinski definition) is 2. The molecule has 0 amide bonds. The van der Waals surface area contributed by atoms with Gasteiger partial charge in [-0.25, -0.2) is 0 Å². The van der Waals surface area contributed by atoms with Gasteiger partial charge in [0.15, 0.2) is 0 Å². The number of alkyl halides is 3. The highest BCUT2D eigenvalue weighted by Gasteiger charge is 2.30. The molecule has 2 nitrogen and oxygen atoms in total. The average Bonchev–Trinajstić information content (AvgIpc) is 2.25. The quantitative estimate of drug-likeness (QED) is 0.901. The molecule has 0 aliphatic carbocycles. The Kier molecular flexibility index (Phi) is 4.85. The van der Waals surface area contributed by atoms with Crippen LogP contribution in [0.25, 0.3) is 0 Å². The normalized spacial score (nSPS) is 14.3. The standard InChI is InChI=1S/C14H20F3NO/c1-10(9-18-13(2,3)4)19-12-7-5-11(6-8-12)14(15,16)17/h5-8,10,18H,9H2,1-4H3. The lowest BCUT2D eigenvalue weighted by Crippen LogP contribution is -2.41. The van der Waals surface area contributed by atoms with E-state index in [1.165, 1.54) is 12.1 Å². The Morgan fingerprint density at radius 2 is 1.63 bits per heavy atom. The zero-order valence-corrected chi connectivity index (χ0v) is 11.6. The molecule has 0 saturated heterocycles. The fourth-order valence-corrected chi connectivity index (χ4v) is 1.45. The van der Waals surface area contributed by atoms with Crippen molar-refractivity contribution in [3.8, 4) is 5.75 Å². The smallest absolute Gasteiger partial charge is 0.416 e. The van der Waals surface area contributed by atoms with Gasteiger partial charge in [0.05, 0.1) is 5.56 Å². The first kappa shape index (κ1) is 15.8. The highest BCUT2D eigenvalue weighted by atomic mass is 19.4. The van der Waals surface area contributed by atoms with Crippen LogP contribution in [-0.4, -0.2) is 18.2 Å². The van der Waals surface area contributed by atoms with Gasteiger partial charge >= 0.3 is 6.18 Å². The van der Waals surface area contributed by atoms with Crippen LogP contribution in [0.1, 0.15) is 33.3 Å². The molecule has 0 aliphatic heterocycles. The Bertz CT molecular complexity index is 393. The summed E-state index contributed by atoms with van der Waals surface area (Å²) in [5.74, 6) is 0.441. The van der Waals surface area contributed by atoms with E-state index in [-0.39, 0.29) is 11.6 Å². The minimum absolute atomic E-state index is 0.0161. The summed E-state index contributed by atoms with van der Waals surface area (Å²) in [5, 5.41) is 3.27. The second kappa shape index (κ2) is 5.82. The van der Waals surface area contributed by atoms with Crippen LogP contribution >= 0.6 is 0 Å². The van der Waals surface area contributed by atoms with Gasteiger partial charge in [0.25, 0.3) is 0 Å². The predicted molar refractivity (Wildman–Crippen MR) is 69.3 cm³/mol. The maximum Gasteiger partial charge on any atom is 0.416 e. The van der Waals surface area contributed by atoms with Crippen LogP contribution in [0.3, 0.4) is 0 Å². The Hall–Kier alpha value is -1.23. The van der Waals surface area contributed by atoms with E-state index in [0.29, 0.717) is 12.3 Å². The molecular weight excluding hydrogens is 255 g/mol. The zero-order chi connectivity index (χ0) is 14.7. The van der Waals surface area contributed by atoms with E-state index in [9.17, 15) is 13.2 Å². The molecule has 0 heterocycles. The van der Waals surface area contributed by atoms with Gasteiger partial charge in [-0.05, 0) is 52.0 Å². The first-order chi connectivity index (χ1) is 8.58. The molecule has 0 saturated carbocycles. The van der Waals surface area contributed by atoms with Crippen molar-refractivity contribution in [2.75, 3.05) is 6.54 Å². The second-order valence-electron chi connectivity index (χ2n) is 5.58. The minimum Gasteiger partial charge on any atom is -0.489 e. The van der Waals surface area contributed by atoms with Crippen molar-refractivity contribution in [1.29, 1.82) is 0 Å². The molecule has 0 fully saturated rings. The van der Waals surface area contributed by atoms with Crippen molar-refractivity contribution >= 4 is 0 Å². The van der Waals surface area contributed by atoms with Gasteiger partial charge in [-0.15, -0.1) is 0 Å². The number of nitrogens with one attached hydrogen (secondary N) is 1. The molecule has 0 bridgehead atoms. The summed E-state index contributed by atoms with van der Waals surface area (Å²) in [6, 6.07) is 4.74. The fraction of sp³-hybridized carbons (Fsp3) is 0.571. The topological polar surface area (TPSA) is 21.3 Å². The second-order valence-corrected chi connectivity index (χ2v) is 5.58. The predicted octanol–water partition coefficient (Wildman–Crippen LogP) is 3.86. The van der Waals surface area contributed by atoms with E-state index in [4.69, 9.17) is 4.74 Å². The Labute approximate surface area is 112 Å². The lowest BCUT2D eigenvalue weighted by atomic mass is 10.1. The SMILES string of the molecule is CC(CNC(C)(C)C)Oc1ccc(C(F)(F)F)cc1. The molecule has 1 aromatic rings. The number of halogens is 3. The molecule has 5 heteroatoms. The van der Waals surface area contributed by atoms with Crippen molar-refractivity contribution < 1.29 is 17.9 Å². The molecule has 0 spiro atoms. The first-order valence-electron chi connectivity index (χ1n) is 6.17. The molecule has 0 aliphatic rings. The highest BCUT2D eigenvalue weighted by Crippen LogP contribution is 2.30. The van der Waals surface area contributed by atoms with Crippen molar-refractivity contribution in [3.05, 3.63) is 29.8 Å². The van der Waals surface area contributed by atoms with E-state index in [1.54, 1.807) is 0 Å². The number of hydrogen-bond donors (Lipinski definition) is 1. The molecule has 0 radical (unpaired) electrons. The molecule has 1 unspecified atom stereocenters. The van der Waals surface area contributed by atoms with Crippen LogP contribution in [0.2, 0.25) is 0 Å². The summed E-state index contributed by atoms with van der Waals surface area (Å²) in [6.07, 6.45) is -4.42. The van der Waals surface area contributed by atoms with Crippen LogP contribution in [0.5, 0.6) is 5.75 Å². The van der Waals surface area contributed by atoms with Crippen LogP contribution in [0.15, 0.2) is 24.3 Å². The van der Waals surface area contributed by atoms with Crippen molar-refractivity contribution in [2.24, 2.45) is 0 Å². The molecule has 0 aromatic heterocycles. The summed E-state index contributed by atoms with van der Waals surface area (Å²) < 4.78 is 42.7. The average molecular weight is 275 g/mol. The third-order valence-electron chi connectivity index (χ3n) is 2.44. The van der Waals surface area contributed by atoms with Gasteiger partial charge in [0, 0.05) is 12.1 Å². The first-order valence-corrected chi connectivity index (χ1v) is 6.17. The number of ether oxygens (including phenoxy) is 1. The van der Waals surface area contributed by atoms with Crippen LogP contribution in [0, 0.1) is 0 Å². The molecule has 1 aromatic carbocycles. The number of benzene rings is 1. The Morgan fingerprint density at radius 3 is 2.05 bits per heavy atom. The lowest BCUT2D eigenvalue weighted by Gasteiger charge is -2.24. The van der Waals surface area contributed by atoms with E-state index in [0.717, 1.165) is 12.1 Å². The van der Waals surface area contributed by atoms with Gasteiger partial charge in [0.2, 0.25) is 0 Å². The molecular formula is C14H20F3NO. The highest BCUT2D eigenvalue weighted by molar-refractivity contribution is 5.29.